The van der Waals surface area contributed by atoms with Gasteiger partial charge in [0, 0.05) is 24.2 Å². The zero-order valence-electron chi connectivity index (χ0n) is 28.7. The molecule has 6 N–H and O–H groups in total. The zero-order valence-corrected chi connectivity index (χ0v) is 28.7. The fourth-order valence-electron chi connectivity index (χ4n) is 5.54. The third kappa shape index (κ3) is 14.9. The lowest BCUT2D eigenvalue weighted by Crippen LogP contribution is -2.39. The summed E-state index contributed by atoms with van der Waals surface area (Å²) < 4.78 is 32.9. The number of rotatable bonds is 14. The van der Waals surface area contributed by atoms with Gasteiger partial charge in [0.15, 0.2) is 23.0 Å². The van der Waals surface area contributed by atoms with Crippen LogP contribution in [0, 0.1) is 0 Å². The zero-order chi connectivity index (χ0) is 35.3. The number of carbonyl (C=O) groups is 2. The molecule has 268 valence electrons. The van der Waals surface area contributed by atoms with Crippen LogP contribution in [0.3, 0.4) is 0 Å². The Morgan fingerprint density at radius 3 is 1.29 bits per heavy atom. The Balaban J connectivity index is 0.000000274. The number of nitrogens with two attached hydrogens (primary N) is 2. The van der Waals surface area contributed by atoms with Crippen LogP contribution in [0.25, 0.3) is 0 Å². The van der Waals surface area contributed by atoms with Crippen LogP contribution in [-0.4, -0.2) is 88.1 Å². The van der Waals surface area contributed by atoms with Crippen LogP contribution in [-0.2, 0) is 31.9 Å². The molecule has 2 saturated carbocycles. The van der Waals surface area contributed by atoms with E-state index in [-0.39, 0.29) is 24.3 Å². The van der Waals surface area contributed by atoms with E-state index in [9.17, 15) is 9.59 Å². The predicted molar refractivity (Wildman–Crippen MR) is 183 cm³/mol. The summed E-state index contributed by atoms with van der Waals surface area (Å²) in [5, 5.41) is 15.6. The first kappa shape index (κ1) is 40.3. The van der Waals surface area contributed by atoms with E-state index in [1.165, 1.54) is 36.8 Å². The third-order valence-electron chi connectivity index (χ3n) is 8.22. The van der Waals surface area contributed by atoms with Crippen LogP contribution in [0.15, 0.2) is 48.6 Å². The van der Waals surface area contributed by atoms with Crippen molar-refractivity contribution in [2.45, 2.75) is 88.5 Å². The van der Waals surface area contributed by atoms with Gasteiger partial charge in [-0.2, -0.15) is 0 Å². The highest BCUT2D eigenvalue weighted by Gasteiger charge is 2.23. The second-order valence-corrected chi connectivity index (χ2v) is 11.6. The van der Waals surface area contributed by atoms with Gasteiger partial charge in [-0.1, -0.05) is 37.8 Å². The topological polar surface area (TPSA) is 182 Å². The second kappa shape index (κ2) is 22.7. The number of aliphatic carboxylic acids is 2. The maximum absolute atomic E-state index is 9.55. The van der Waals surface area contributed by atoms with E-state index in [0.717, 1.165) is 61.5 Å². The molecule has 4 unspecified atom stereocenters. The van der Waals surface area contributed by atoms with E-state index in [1.54, 1.807) is 28.4 Å². The van der Waals surface area contributed by atoms with Gasteiger partial charge in [-0.3, -0.25) is 0 Å². The van der Waals surface area contributed by atoms with Gasteiger partial charge >= 0.3 is 11.9 Å². The SMILES string of the molecule is COc1ccc(CCOC2CCCCC2N)cc1OC.COc1ccc(CCOC2CCCCC2N)cc1OC.O=C(O)C=CC(=O)O. The molecule has 0 spiro atoms. The standard InChI is InChI=1S/2C16H25NO3.C4H4O4/c2*1-18-15-8-7-12(11-16(15)19-2)9-10-20-14-6-4-3-5-13(14)17;5-3(6)1-2-4(7)8/h2*7-8,11,13-14H,3-6,9-10,17H2,1-2H3;1-2H,(H,5,6)(H,7,8). The van der Waals surface area contributed by atoms with Gasteiger partial charge in [0.25, 0.3) is 0 Å². The molecule has 2 aliphatic carbocycles. The summed E-state index contributed by atoms with van der Waals surface area (Å²) >= 11 is 0. The minimum atomic E-state index is -1.26. The summed E-state index contributed by atoms with van der Waals surface area (Å²) in [7, 11) is 6.59. The smallest absolute Gasteiger partial charge is 0.328 e. The number of carboxylic acids is 2. The van der Waals surface area contributed by atoms with Crippen molar-refractivity contribution < 1.29 is 48.2 Å². The molecule has 0 amide bonds. The van der Waals surface area contributed by atoms with Gasteiger partial charge < -0.3 is 50.1 Å². The normalized spacial score (nSPS) is 20.4. The van der Waals surface area contributed by atoms with Gasteiger partial charge in [-0.15, -0.1) is 0 Å². The second-order valence-electron chi connectivity index (χ2n) is 11.6. The van der Waals surface area contributed by atoms with Crippen molar-refractivity contribution in [3.63, 3.8) is 0 Å². The number of hydrogen-bond donors (Lipinski definition) is 4. The van der Waals surface area contributed by atoms with Crippen molar-refractivity contribution in [3.8, 4) is 23.0 Å². The van der Waals surface area contributed by atoms with Crippen molar-refractivity contribution >= 4 is 11.9 Å². The van der Waals surface area contributed by atoms with Gasteiger partial charge in [0.1, 0.15) is 0 Å². The molecule has 0 aromatic heterocycles. The van der Waals surface area contributed by atoms with Crippen molar-refractivity contribution in [1.82, 2.24) is 0 Å². The van der Waals surface area contributed by atoms with E-state index in [2.05, 4.69) is 0 Å². The van der Waals surface area contributed by atoms with Crippen LogP contribution in [0.1, 0.15) is 62.5 Å². The maximum atomic E-state index is 9.55. The quantitative estimate of drug-likeness (QED) is 0.202. The lowest BCUT2D eigenvalue weighted by atomic mass is 9.93. The Kier molecular flexibility index (Phi) is 19.1. The summed E-state index contributed by atoms with van der Waals surface area (Å²) in [6.07, 6.45) is 12.6. The summed E-state index contributed by atoms with van der Waals surface area (Å²) in [6.45, 7) is 1.40. The number of methoxy groups -OCH3 is 4. The van der Waals surface area contributed by atoms with Gasteiger partial charge in [0.05, 0.1) is 53.9 Å². The fourth-order valence-corrected chi connectivity index (χ4v) is 5.54. The summed E-state index contributed by atoms with van der Waals surface area (Å²) in [4.78, 5) is 19.1. The van der Waals surface area contributed by atoms with Crippen molar-refractivity contribution in [2.75, 3.05) is 41.7 Å². The molecule has 0 aliphatic heterocycles. The summed E-state index contributed by atoms with van der Waals surface area (Å²) in [6, 6.07) is 12.4. The largest absolute Gasteiger partial charge is 0.493 e. The average Bonchev–Trinajstić information content (AvgIpc) is 3.09. The van der Waals surface area contributed by atoms with Crippen molar-refractivity contribution in [3.05, 3.63) is 59.7 Å². The molecule has 0 bridgehead atoms. The maximum Gasteiger partial charge on any atom is 0.328 e. The summed E-state index contributed by atoms with van der Waals surface area (Å²) in [5.41, 5.74) is 14.5. The third-order valence-corrected chi connectivity index (χ3v) is 8.22. The van der Waals surface area contributed by atoms with Crippen molar-refractivity contribution in [2.24, 2.45) is 11.5 Å². The Morgan fingerprint density at radius 1 is 0.625 bits per heavy atom. The number of ether oxygens (including phenoxy) is 6. The number of carboxylic acid groups (broad SMARTS) is 2. The molecule has 4 rings (SSSR count). The molecular weight excluding hydrogens is 620 g/mol. The molecule has 2 aliphatic rings. The molecular formula is C36H54N2O10. The molecule has 0 radical (unpaired) electrons. The molecule has 2 aromatic rings. The van der Waals surface area contributed by atoms with Gasteiger partial charge in [-0.05, 0) is 73.9 Å². The van der Waals surface area contributed by atoms with Crippen LogP contribution >= 0.6 is 0 Å². The average molecular weight is 675 g/mol. The van der Waals surface area contributed by atoms with Crippen LogP contribution in [0.2, 0.25) is 0 Å². The van der Waals surface area contributed by atoms with Gasteiger partial charge in [-0.25, -0.2) is 9.59 Å². The lowest BCUT2D eigenvalue weighted by Gasteiger charge is -2.28. The van der Waals surface area contributed by atoms with Gasteiger partial charge in [0.2, 0.25) is 0 Å². The Labute approximate surface area is 284 Å². The lowest BCUT2D eigenvalue weighted by molar-refractivity contribution is -0.134. The van der Waals surface area contributed by atoms with Crippen LogP contribution in [0.5, 0.6) is 23.0 Å². The van der Waals surface area contributed by atoms with E-state index in [4.69, 9.17) is 50.1 Å². The van der Waals surface area contributed by atoms with E-state index >= 15 is 0 Å². The van der Waals surface area contributed by atoms with Crippen molar-refractivity contribution in [1.29, 1.82) is 0 Å². The van der Waals surface area contributed by atoms with E-state index in [1.807, 2.05) is 36.4 Å². The molecule has 0 heterocycles. The monoisotopic (exact) mass is 674 g/mol. The Morgan fingerprint density at radius 2 is 0.979 bits per heavy atom. The van der Waals surface area contributed by atoms with E-state index < -0.39 is 11.9 Å². The highest BCUT2D eigenvalue weighted by atomic mass is 16.5. The number of hydrogen-bond acceptors (Lipinski definition) is 10. The first-order valence-corrected chi connectivity index (χ1v) is 16.4. The Hall–Kier alpha value is -3.84. The molecule has 2 aromatic carbocycles. The fraction of sp³-hybridized carbons (Fsp3) is 0.556. The predicted octanol–water partition coefficient (Wildman–Crippen LogP) is 4.78. The number of benzene rings is 2. The molecule has 12 heteroatoms. The molecule has 0 saturated heterocycles. The minimum absolute atomic E-state index is 0.203. The van der Waals surface area contributed by atoms with E-state index in [0.29, 0.717) is 25.4 Å². The van der Waals surface area contributed by atoms with Crippen LogP contribution in [0.4, 0.5) is 0 Å². The molecule has 4 atom stereocenters. The minimum Gasteiger partial charge on any atom is -0.493 e. The van der Waals surface area contributed by atoms with Crippen LogP contribution < -0.4 is 30.4 Å². The Bertz CT molecular complexity index is 1180. The first-order valence-electron chi connectivity index (χ1n) is 16.4. The molecule has 48 heavy (non-hydrogen) atoms. The molecule has 12 nitrogen and oxygen atoms in total. The highest BCUT2D eigenvalue weighted by Crippen LogP contribution is 2.29. The summed E-state index contributed by atoms with van der Waals surface area (Å²) in [5.74, 6) is 0.525. The highest BCUT2D eigenvalue weighted by molar-refractivity contribution is 5.89. The molecule has 2 fully saturated rings. The first-order chi connectivity index (χ1) is 23.1.